The summed E-state index contributed by atoms with van der Waals surface area (Å²) in [6, 6.07) is 2.11. The summed E-state index contributed by atoms with van der Waals surface area (Å²) in [4.78, 5) is 10.1. The van der Waals surface area contributed by atoms with Gasteiger partial charge in [-0.05, 0) is 25.3 Å². The van der Waals surface area contributed by atoms with Gasteiger partial charge >= 0.3 is 0 Å². The Bertz CT molecular complexity index is 618. The van der Waals surface area contributed by atoms with Crippen molar-refractivity contribution in [3.63, 3.8) is 0 Å². The van der Waals surface area contributed by atoms with Crippen molar-refractivity contribution in [2.24, 2.45) is 0 Å². The molecule has 0 bridgehead atoms. The zero-order chi connectivity index (χ0) is 14.8. The first-order valence-corrected chi connectivity index (χ1v) is 7.24. The summed E-state index contributed by atoms with van der Waals surface area (Å²) in [5.41, 5.74) is 6.12. The van der Waals surface area contributed by atoms with Crippen LogP contribution in [0.1, 0.15) is 31.5 Å². The average Bonchev–Trinajstić information content (AvgIpc) is 2.94. The van der Waals surface area contributed by atoms with E-state index < -0.39 is 0 Å². The van der Waals surface area contributed by atoms with Crippen LogP contribution < -0.4 is 10.6 Å². The number of aryl methyl sites for hydroxylation is 1. The van der Waals surface area contributed by atoms with Crippen LogP contribution in [0.15, 0.2) is 18.6 Å². The second-order valence-electron chi connectivity index (χ2n) is 5.25. The van der Waals surface area contributed by atoms with Crippen molar-refractivity contribution in [1.82, 2.24) is 19.7 Å². The Hall–Kier alpha value is -2.18. The third-order valence-electron chi connectivity index (χ3n) is 3.95. The number of piperidine rings is 1. The predicted octanol–water partition coefficient (Wildman–Crippen LogP) is 1.80. The number of rotatable bonds is 3. The monoisotopic (exact) mass is 290 g/mol. The average molecular weight is 290 g/mol. The first-order valence-electron chi connectivity index (χ1n) is 7.24. The summed E-state index contributed by atoms with van der Waals surface area (Å²) in [5.74, 6) is 0.661. The van der Waals surface area contributed by atoms with Gasteiger partial charge in [-0.3, -0.25) is 4.68 Å². The van der Waals surface area contributed by atoms with Gasteiger partial charge in [0.2, 0.25) is 0 Å². The van der Waals surface area contributed by atoms with Crippen LogP contribution in [-0.2, 0) is 6.42 Å². The molecule has 7 heteroatoms. The fourth-order valence-corrected chi connectivity index (χ4v) is 2.76. The standard InChI is InChI=1S/C14H19FN6/c1-2-11-13(15)14(18-9-17-11)20-6-3-10(4-7-20)21-8-5-12(16)19-21/h5,8-10H,2-4,6-7H2,1H3,(H2,16,19). The molecule has 2 aromatic rings. The Morgan fingerprint density at radius 2 is 2.10 bits per heavy atom. The highest BCUT2D eigenvalue weighted by atomic mass is 19.1. The Morgan fingerprint density at radius 1 is 1.33 bits per heavy atom. The maximum absolute atomic E-state index is 14.3. The lowest BCUT2D eigenvalue weighted by Crippen LogP contribution is -2.36. The van der Waals surface area contributed by atoms with Crippen LogP contribution in [0.5, 0.6) is 0 Å². The van der Waals surface area contributed by atoms with Gasteiger partial charge in [0.1, 0.15) is 12.1 Å². The van der Waals surface area contributed by atoms with Crippen LogP contribution in [0.4, 0.5) is 16.0 Å². The quantitative estimate of drug-likeness (QED) is 0.933. The van der Waals surface area contributed by atoms with E-state index >= 15 is 0 Å². The van der Waals surface area contributed by atoms with Gasteiger partial charge in [-0.2, -0.15) is 5.10 Å². The summed E-state index contributed by atoms with van der Waals surface area (Å²) in [6.45, 7) is 3.40. The molecule has 21 heavy (non-hydrogen) atoms. The highest BCUT2D eigenvalue weighted by Gasteiger charge is 2.24. The number of halogens is 1. The number of anilines is 2. The number of hydrogen-bond acceptors (Lipinski definition) is 5. The minimum absolute atomic E-state index is 0.290. The molecule has 1 aliphatic rings. The smallest absolute Gasteiger partial charge is 0.187 e. The van der Waals surface area contributed by atoms with E-state index in [9.17, 15) is 4.39 Å². The molecule has 6 nitrogen and oxygen atoms in total. The van der Waals surface area contributed by atoms with Gasteiger partial charge in [-0.1, -0.05) is 6.92 Å². The van der Waals surface area contributed by atoms with Gasteiger partial charge < -0.3 is 10.6 Å². The van der Waals surface area contributed by atoms with Crippen molar-refractivity contribution in [3.05, 3.63) is 30.1 Å². The van der Waals surface area contributed by atoms with Crippen LogP contribution in [0.3, 0.4) is 0 Å². The number of nitrogens with two attached hydrogens (primary N) is 1. The van der Waals surface area contributed by atoms with Gasteiger partial charge in [0.25, 0.3) is 0 Å². The van der Waals surface area contributed by atoms with Crippen LogP contribution in [-0.4, -0.2) is 32.8 Å². The summed E-state index contributed by atoms with van der Waals surface area (Å²) in [5, 5.41) is 4.25. The Labute approximate surface area is 122 Å². The van der Waals surface area contributed by atoms with Crippen molar-refractivity contribution >= 4 is 11.6 Å². The summed E-state index contributed by atoms with van der Waals surface area (Å²) in [7, 11) is 0. The molecule has 3 heterocycles. The van der Waals surface area contributed by atoms with Crippen LogP contribution in [0.2, 0.25) is 0 Å². The Balaban J connectivity index is 1.71. The molecule has 1 saturated heterocycles. The lowest BCUT2D eigenvalue weighted by atomic mass is 10.1. The highest BCUT2D eigenvalue weighted by Crippen LogP contribution is 2.27. The number of nitrogens with zero attached hydrogens (tertiary/aromatic N) is 5. The van der Waals surface area contributed by atoms with E-state index in [-0.39, 0.29) is 5.82 Å². The molecule has 0 spiro atoms. The number of aromatic nitrogens is 4. The maximum Gasteiger partial charge on any atom is 0.187 e. The minimum Gasteiger partial charge on any atom is -0.382 e. The van der Waals surface area contributed by atoms with Crippen molar-refractivity contribution in [3.8, 4) is 0 Å². The molecule has 0 amide bonds. The third kappa shape index (κ3) is 2.68. The SMILES string of the molecule is CCc1ncnc(N2CCC(n3ccc(N)n3)CC2)c1F. The zero-order valence-electron chi connectivity index (χ0n) is 12.0. The van der Waals surface area contributed by atoms with E-state index in [1.54, 1.807) is 6.07 Å². The Kier molecular flexibility index (Phi) is 3.72. The minimum atomic E-state index is -0.290. The number of nitrogen functional groups attached to an aromatic ring is 1. The first-order chi connectivity index (χ1) is 10.2. The molecule has 1 fully saturated rings. The topological polar surface area (TPSA) is 72.9 Å². The van der Waals surface area contributed by atoms with Gasteiger partial charge in [0, 0.05) is 19.3 Å². The first kappa shape index (κ1) is 13.8. The summed E-state index contributed by atoms with van der Waals surface area (Å²) >= 11 is 0. The van der Waals surface area contributed by atoms with Gasteiger partial charge in [0.15, 0.2) is 11.6 Å². The van der Waals surface area contributed by atoms with E-state index in [1.807, 2.05) is 22.7 Å². The molecule has 1 aliphatic heterocycles. The zero-order valence-corrected chi connectivity index (χ0v) is 12.0. The molecule has 0 aliphatic carbocycles. The summed E-state index contributed by atoms with van der Waals surface area (Å²) < 4.78 is 16.2. The summed E-state index contributed by atoms with van der Waals surface area (Å²) in [6.07, 6.45) is 5.70. The fourth-order valence-electron chi connectivity index (χ4n) is 2.76. The second kappa shape index (κ2) is 5.67. The van der Waals surface area contributed by atoms with E-state index in [1.165, 1.54) is 6.33 Å². The molecule has 0 radical (unpaired) electrons. The van der Waals surface area contributed by atoms with Gasteiger partial charge in [0.05, 0.1) is 11.7 Å². The van der Waals surface area contributed by atoms with Crippen molar-refractivity contribution in [2.75, 3.05) is 23.7 Å². The molecule has 2 N–H and O–H groups in total. The van der Waals surface area contributed by atoms with Crippen LogP contribution >= 0.6 is 0 Å². The molecular formula is C14H19FN6. The largest absolute Gasteiger partial charge is 0.382 e. The van der Waals surface area contributed by atoms with E-state index in [2.05, 4.69) is 15.1 Å². The van der Waals surface area contributed by atoms with E-state index in [0.717, 1.165) is 25.9 Å². The van der Waals surface area contributed by atoms with E-state index in [4.69, 9.17) is 5.73 Å². The van der Waals surface area contributed by atoms with Crippen molar-refractivity contribution in [2.45, 2.75) is 32.2 Å². The van der Waals surface area contributed by atoms with Crippen molar-refractivity contribution in [1.29, 1.82) is 0 Å². The van der Waals surface area contributed by atoms with E-state index in [0.29, 0.717) is 29.8 Å². The molecule has 3 rings (SSSR count). The number of hydrogen-bond donors (Lipinski definition) is 1. The lowest BCUT2D eigenvalue weighted by Gasteiger charge is -2.33. The molecule has 0 atom stereocenters. The maximum atomic E-state index is 14.3. The molecule has 0 aromatic carbocycles. The molecule has 0 saturated carbocycles. The predicted molar refractivity (Wildman–Crippen MR) is 78.5 cm³/mol. The molecular weight excluding hydrogens is 271 g/mol. The molecule has 2 aromatic heterocycles. The normalized spacial score (nSPS) is 16.4. The fraction of sp³-hybridized carbons (Fsp3) is 0.500. The highest BCUT2D eigenvalue weighted by molar-refractivity contribution is 5.41. The van der Waals surface area contributed by atoms with Crippen molar-refractivity contribution < 1.29 is 4.39 Å². The molecule has 112 valence electrons. The molecule has 0 unspecified atom stereocenters. The van der Waals surface area contributed by atoms with Gasteiger partial charge in [-0.15, -0.1) is 0 Å². The second-order valence-corrected chi connectivity index (χ2v) is 5.25. The van der Waals surface area contributed by atoms with Crippen LogP contribution in [0.25, 0.3) is 0 Å². The lowest BCUT2D eigenvalue weighted by molar-refractivity contribution is 0.364. The Morgan fingerprint density at radius 3 is 2.71 bits per heavy atom. The van der Waals surface area contributed by atoms with Crippen LogP contribution in [0, 0.1) is 5.82 Å². The van der Waals surface area contributed by atoms with Gasteiger partial charge in [-0.25, -0.2) is 14.4 Å². The third-order valence-corrected chi connectivity index (χ3v) is 3.95.